The Labute approximate surface area is 159 Å². The highest BCUT2D eigenvalue weighted by Crippen LogP contribution is 2.39. The van der Waals surface area contributed by atoms with E-state index in [4.69, 9.17) is 0 Å². The summed E-state index contributed by atoms with van der Waals surface area (Å²) >= 11 is 1.73. The Hall–Kier alpha value is -1.47. The van der Waals surface area contributed by atoms with E-state index in [1.807, 2.05) is 19.9 Å². The summed E-state index contributed by atoms with van der Waals surface area (Å²) in [6, 6.07) is 4.02. The minimum atomic E-state index is 0.531. The third-order valence-electron chi connectivity index (χ3n) is 5.78. The number of hydrogen-bond acceptors (Lipinski definition) is 6. The molecule has 6 nitrogen and oxygen atoms in total. The molecule has 2 bridgehead atoms. The zero-order valence-electron chi connectivity index (χ0n) is 15.9. The topological polar surface area (TPSA) is 59.7 Å². The largest absolute Gasteiger partial charge is 0.300 e. The van der Waals surface area contributed by atoms with Gasteiger partial charge in [0.05, 0.1) is 11.7 Å². The van der Waals surface area contributed by atoms with Crippen LogP contribution >= 0.6 is 11.8 Å². The van der Waals surface area contributed by atoms with Crippen molar-refractivity contribution in [3.8, 4) is 0 Å². The van der Waals surface area contributed by atoms with E-state index in [0.29, 0.717) is 6.04 Å². The van der Waals surface area contributed by atoms with Crippen LogP contribution in [0.3, 0.4) is 0 Å². The van der Waals surface area contributed by atoms with Crippen LogP contribution < -0.4 is 0 Å². The molecule has 2 aromatic rings. The maximum atomic E-state index is 4.49. The molecule has 26 heavy (non-hydrogen) atoms. The Morgan fingerprint density at radius 3 is 2.46 bits per heavy atom. The number of fused-ring (bicyclic) bond motifs is 2. The Bertz CT molecular complexity index is 726. The summed E-state index contributed by atoms with van der Waals surface area (Å²) in [6.45, 7) is 4.04. The number of aromatic nitrogens is 5. The number of nitrogens with zero attached hydrogens (tertiary/aromatic N) is 6. The summed E-state index contributed by atoms with van der Waals surface area (Å²) in [5, 5.41) is 9.73. The van der Waals surface area contributed by atoms with Crippen LogP contribution in [0.5, 0.6) is 0 Å². The quantitative estimate of drug-likeness (QED) is 0.441. The molecular formula is C19H28N6S. The van der Waals surface area contributed by atoms with E-state index in [-0.39, 0.29) is 0 Å². The van der Waals surface area contributed by atoms with Crippen LogP contribution in [-0.2, 0) is 6.42 Å². The molecule has 2 fully saturated rings. The minimum absolute atomic E-state index is 0.531. The lowest BCUT2D eigenvalue weighted by Crippen LogP contribution is -2.40. The van der Waals surface area contributed by atoms with E-state index in [9.17, 15) is 0 Å². The van der Waals surface area contributed by atoms with E-state index in [2.05, 4.69) is 43.1 Å². The summed E-state index contributed by atoms with van der Waals surface area (Å²) in [5.74, 6) is 1.01. The van der Waals surface area contributed by atoms with Crippen molar-refractivity contribution in [1.29, 1.82) is 0 Å². The van der Waals surface area contributed by atoms with Gasteiger partial charge < -0.3 is 4.90 Å². The van der Waals surface area contributed by atoms with Gasteiger partial charge in [0.1, 0.15) is 0 Å². The van der Waals surface area contributed by atoms with Crippen molar-refractivity contribution in [3.63, 3.8) is 0 Å². The average molecular weight is 373 g/mol. The van der Waals surface area contributed by atoms with Crippen LogP contribution in [0.1, 0.15) is 55.2 Å². The van der Waals surface area contributed by atoms with Crippen LogP contribution in [0.2, 0.25) is 0 Å². The lowest BCUT2D eigenvalue weighted by molar-refractivity contribution is 0.130. The molecule has 0 aliphatic carbocycles. The van der Waals surface area contributed by atoms with E-state index >= 15 is 0 Å². The Balaban J connectivity index is 1.26. The predicted molar refractivity (Wildman–Crippen MR) is 103 cm³/mol. The normalized spacial score (nSPS) is 25.7. The number of hydrogen-bond donors (Lipinski definition) is 0. The first-order chi connectivity index (χ1) is 12.6. The maximum Gasteiger partial charge on any atom is 0.187 e. The summed E-state index contributed by atoms with van der Waals surface area (Å²) in [4.78, 5) is 11.5. The highest BCUT2D eigenvalue weighted by molar-refractivity contribution is 7.99. The monoisotopic (exact) mass is 372 g/mol. The second-order valence-electron chi connectivity index (χ2n) is 7.75. The van der Waals surface area contributed by atoms with Gasteiger partial charge in [-0.3, -0.25) is 0 Å². The summed E-state index contributed by atoms with van der Waals surface area (Å²) in [6.07, 6.45) is 9.34. The minimum Gasteiger partial charge on any atom is -0.300 e. The van der Waals surface area contributed by atoms with Gasteiger partial charge in [0.25, 0.3) is 0 Å². The van der Waals surface area contributed by atoms with Gasteiger partial charge in [-0.05, 0) is 65.5 Å². The molecule has 0 aromatic carbocycles. The molecule has 3 atom stereocenters. The second-order valence-corrected chi connectivity index (χ2v) is 8.81. The smallest absolute Gasteiger partial charge is 0.187 e. The van der Waals surface area contributed by atoms with Gasteiger partial charge in [-0.25, -0.2) is 14.6 Å². The lowest BCUT2D eigenvalue weighted by Gasteiger charge is -2.36. The van der Waals surface area contributed by atoms with Crippen molar-refractivity contribution in [2.45, 2.75) is 75.7 Å². The molecular weight excluding hydrogens is 344 g/mol. The molecule has 4 heterocycles. The molecule has 2 aliphatic rings. The standard InChI is InChI=1S/C19H28N6S/c1-13-9-14(2)21-19(20-13)26-8-4-5-15-12-25(23-22-15)18-10-16-6-7-17(11-18)24(16)3/h9,12,16-18H,4-8,10-11H2,1-3H3/t16-,17+,18?. The summed E-state index contributed by atoms with van der Waals surface area (Å²) < 4.78 is 2.13. The van der Waals surface area contributed by atoms with Gasteiger partial charge >= 0.3 is 0 Å². The Morgan fingerprint density at radius 2 is 1.77 bits per heavy atom. The lowest BCUT2D eigenvalue weighted by atomic mass is 9.98. The summed E-state index contributed by atoms with van der Waals surface area (Å²) in [7, 11) is 2.28. The molecule has 2 aliphatic heterocycles. The molecule has 2 saturated heterocycles. The fraction of sp³-hybridized carbons (Fsp3) is 0.684. The maximum absolute atomic E-state index is 4.49. The van der Waals surface area contributed by atoms with Gasteiger partial charge in [0.15, 0.2) is 5.16 Å². The molecule has 0 N–H and O–H groups in total. The zero-order chi connectivity index (χ0) is 18.1. The van der Waals surface area contributed by atoms with Gasteiger partial charge in [0.2, 0.25) is 0 Å². The first kappa shape index (κ1) is 17.9. The van der Waals surface area contributed by atoms with Gasteiger partial charge in [0, 0.05) is 35.4 Å². The zero-order valence-corrected chi connectivity index (χ0v) is 16.7. The van der Waals surface area contributed by atoms with E-state index < -0.39 is 0 Å². The van der Waals surface area contributed by atoms with Crippen molar-refractivity contribution >= 4 is 11.8 Å². The van der Waals surface area contributed by atoms with Crippen molar-refractivity contribution in [2.24, 2.45) is 0 Å². The van der Waals surface area contributed by atoms with Gasteiger partial charge in [-0.15, -0.1) is 5.10 Å². The van der Waals surface area contributed by atoms with Crippen LogP contribution in [0, 0.1) is 13.8 Å². The number of piperidine rings is 1. The molecule has 0 spiro atoms. The molecule has 140 valence electrons. The fourth-order valence-electron chi connectivity index (χ4n) is 4.38. The third-order valence-corrected chi connectivity index (χ3v) is 6.71. The van der Waals surface area contributed by atoms with Crippen LogP contribution in [0.4, 0.5) is 0 Å². The Kier molecular flexibility index (Phi) is 5.27. The predicted octanol–water partition coefficient (Wildman–Crippen LogP) is 3.21. The van der Waals surface area contributed by atoms with E-state index in [1.54, 1.807) is 11.8 Å². The first-order valence-electron chi connectivity index (χ1n) is 9.66. The molecule has 1 unspecified atom stereocenters. The van der Waals surface area contributed by atoms with Crippen molar-refractivity contribution in [2.75, 3.05) is 12.8 Å². The summed E-state index contributed by atoms with van der Waals surface area (Å²) in [5.41, 5.74) is 3.18. The highest BCUT2D eigenvalue weighted by atomic mass is 32.2. The number of thioether (sulfide) groups is 1. The van der Waals surface area contributed by atoms with Crippen LogP contribution in [0.25, 0.3) is 0 Å². The van der Waals surface area contributed by atoms with Crippen molar-refractivity contribution < 1.29 is 0 Å². The van der Waals surface area contributed by atoms with Crippen molar-refractivity contribution in [3.05, 3.63) is 29.3 Å². The first-order valence-corrected chi connectivity index (χ1v) is 10.6. The third kappa shape index (κ3) is 3.93. The SMILES string of the molecule is Cc1cc(C)nc(SCCCc2cn(C3C[C@H]4CC[C@@H](C3)N4C)nn2)n1. The number of aryl methyl sites for hydroxylation is 3. The van der Waals surface area contributed by atoms with Crippen molar-refractivity contribution in [1.82, 2.24) is 29.9 Å². The van der Waals surface area contributed by atoms with Gasteiger partial charge in [-0.1, -0.05) is 17.0 Å². The Morgan fingerprint density at radius 1 is 1.08 bits per heavy atom. The second kappa shape index (κ2) is 7.64. The highest BCUT2D eigenvalue weighted by Gasteiger charge is 2.39. The fourth-order valence-corrected chi connectivity index (χ4v) is 5.27. The average Bonchev–Trinajstić information content (AvgIpc) is 3.12. The molecule has 0 radical (unpaired) electrons. The van der Waals surface area contributed by atoms with Crippen LogP contribution in [0.15, 0.2) is 17.4 Å². The molecule has 7 heteroatoms. The molecule has 4 rings (SSSR count). The van der Waals surface area contributed by atoms with E-state index in [0.717, 1.165) is 52.9 Å². The molecule has 0 saturated carbocycles. The number of rotatable bonds is 6. The van der Waals surface area contributed by atoms with E-state index in [1.165, 1.54) is 25.7 Å². The molecule has 0 amide bonds. The van der Waals surface area contributed by atoms with Crippen LogP contribution in [-0.4, -0.2) is 54.7 Å². The van der Waals surface area contributed by atoms with Gasteiger partial charge in [-0.2, -0.15) is 0 Å². The molecule has 2 aromatic heterocycles.